The smallest absolute Gasteiger partial charge is 0.252 e. The molecule has 10 rings (SSSR count). The highest BCUT2D eigenvalue weighted by atomic mass is 32.1. The molecule has 1 aromatic heterocycles. The normalized spacial score (nSPS) is 13.8. The molecule has 286 valence electrons. The predicted octanol–water partition coefficient (Wildman–Crippen LogP) is 13.7. The van der Waals surface area contributed by atoms with E-state index < -0.39 is 0 Å². The highest BCUT2D eigenvalue weighted by Gasteiger charge is 2.44. The van der Waals surface area contributed by atoms with Crippen LogP contribution in [0.3, 0.4) is 0 Å². The Hall–Kier alpha value is -5.58. The molecule has 0 saturated heterocycles. The van der Waals surface area contributed by atoms with Crippen LogP contribution in [-0.2, 0) is 16.2 Å². The van der Waals surface area contributed by atoms with Crippen molar-refractivity contribution in [2.24, 2.45) is 0 Å². The van der Waals surface area contributed by atoms with E-state index in [1.165, 1.54) is 98.5 Å². The monoisotopic (exact) mass is 770 g/mol. The van der Waals surface area contributed by atoms with E-state index in [2.05, 4.69) is 218 Å². The van der Waals surface area contributed by atoms with Gasteiger partial charge in [0.1, 0.15) is 0 Å². The zero-order valence-electron chi connectivity index (χ0n) is 35.2. The summed E-state index contributed by atoms with van der Waals surface area (Å²) in [6, 6.07) is 55.7. The highest BCUT2D eigenvalue weighted by Crippen LogP contribution is 2.46. The topological polar surface area (TPSA) is 6.48 Å². The van der Waals surface area contributed by atoms with Gasteiger partial charge in [-0.05, 0) is 121 Å². The fourth-order valence-electron chi connectivity index (χ4n) is 9.27. The molecule has 0 aliphatic carbocycles. The molecule has 4 heteroatoms. The first-order valence-corrected chi connectivity index (χ1v) is 21.6. The van der Waals surface area contributed by atoms with E-state index in [4.69, 9.17) is 0 Å². The molecular formula is C54H51BN2S. The van der Waals surface area contributed by atoms with Gasteiger partial charge in [-0.3, -0.25) is 0 Å². The minimum atomic E-state index is -0.00357. The van der Waals surface area contributed by atoms with Crippen LogP contribution in [0, 0.1) is 0 Å². The van der Waals surface area contributed by atoms with Crippen LogP contribution in [0.4, 0.5) is 34.1 Å². The number of rotatable bonds is 3. The largest absolute Gasteiger partial charge is 0.311 e. The summed E-state index contributed by atoms with van der Waals surface area (Å²) < 4.78 is 2.66. The van der Waals surface area contributed by atoms with Crippen LogP contribution in [0.25, 0.3) is 31.3 Å². The number of hydrogen-bond donors (Lipinski definition) is 0. The molecule has 0 atom stereocenters. The molecule has 0 N–H and O–H groups in total. The van der Waals surface area contributed by atoms with Crippen LogP contribution in [0.15, 0.2) is 146 Å². The summed E-state index contributed by atoms with van der Waals surface area (Å²) in [4.78, 5) is 5.06. The van der Waals surface area contributed by atoms with E-state index in [1.54, 1.807) is 0 Å². The third-order valence-electron chi connectivity index (χ3n) is 12.5. The van der Waals surface area contributed by atoms with Crippen molar-refractivity contribution in [2.75, 3.05) is 9.80 Å². The van der Waals surface area contributed by atoms with Crippen molar-refractivity contribution >= 4 is 88.7 Å². The first kappa shape index (κ1) is 36.7. The van der Waals surface area contributed by atoms with Gasteiger partial charge >= 0.3 is 0 Å². The second-order valence-corrected chi connectivity index (χ2v) is 20.6. The first-order valence-electron chi connectivity index (χ1n) is 20.8. The van der Waals surface area contributed by atoms with Crippen molar-refractivity contribution in [3.05, 3.63) is 162 Å². The molecule has 0 unspecified atom stereocenters. The highest BCUT2D eigenvalue weighted by molar-refractivity contribution is 7.25. The Morgan fingerprint density at radius 1 is 0.397 bits per heavy atom. The number of thiophene rings is 1. The van der Waals surface area contributed by atoms with Gasteiger partial charge < -0.3 is 9.80 Å². The molecule has 58 heavy (non-hydrogen) atoms. The minimum absolute atomic E-state index is 0.00357. The Labute approximate surface area is 348 Å². The maximum atomic E-state index is 2.54. The molecule has 0 spiro atoms. The molecular weight excluding hydrogens is 719 g/mol. The summed E-state index contributed by atoms with van der Waals surface area (Å²) in [5.41, 5.74) is 18.0. The summed E-state index contributed by atoms with van der Waals surface area (Å²) in [5, 5.41) is 2.66. The number of anilines is 6. The second-order valence-electron chi connectivity index (χ2n) is 19.5. The van der Waals surface area contributed by atoms with E-state index in [-0.39, 0.29) is 23.0 Å². The summed E-state index contributed by atoms with van der Waals surface area (Å²) in [7, 11) is 0. The van der Waals surface area contributed by atoms with Crippen LogP contribution >= 0.6 is 11.3 Å². The summed E-state index contributed by atoms with van der Waals surface area (Å²) >= 11 is 1.88. The molecule has 3 heterocycles. The molecule has 2 aliphatic rings. The molecule has 2 nitrogen and oxygen atoms in total. The molecule has 0 bridgehead atoms. The van der Waals surface area contributed by atoms with E-state index in [9.17, 15) is 0 Å². The van der Waals surface area contributed by atoms with Gasteiger partial charge in [-0.15, -0.1) is 11.3 Å². The van der Waals surface area contributed by atoms with Crippen molar-refractivity contribution in [1.82, 2.24) is 0 Å². The SMILES string of the molecule is CC(C)(C)c1ccc(N2c3ccc(C(C)(C)C)cc3B3c4cc(C(C)(C)C)ccc4N(c4cccc(-c5ccc6c(c5)sc5ccccc56)c4)c4cccc2c43)cc1. The fourth-order valence-corrected chi connectivity index (χ4v) is 10.4. The van der Waals surface area contributed by atoms with Crippen LogP contribution < -0.4 is 26.2 Å². The average Bonchev–Trinajstić information content (AvgIpc) is 3.57. The van der Waals surface area contributed by atoms with Crippen molar-refractivity contribution in [3.8, 4) is 11.1 Å². The van der Waals surface area contributed by atoms with Crippen LogP contribution in [0.2, 0.25) is 0 Å². The van der Waals surface area contributed by atoms with Gasteiger partial charge in [0.2, 0.25) is 0 Å². The van der Waals surface area contributed by atoms with Crippen molar-refractivity contribution in [1.29, 1.82) is 0 Å². The Kier molecular flexibility index (Phi) is 8.21. The molecule has 0 saturated carbocycles. The van der Waals surface area contributed by atoms with Gasteiger partial charge in [-0.25, -0.2) is 0 Å². The second kappa shape index (κ2) is 13.0. The van der Waals surface area contributed by atoms with Gasteiger partial charge in [0, 0.05) is 54.3 Å². The summed E-state index contributed by atoms with van der Waals surface area (Å²) in [6.07, 6.45) is 0. The van der Waals surface area contributed by atoms with Crippen molar-refractivity contribution < 1.29 is 0 Å². The van der Waals surface area contributed by atoms with Crippen LogP contribution in [0.5, 0.6) is 0 Å². The standard InChI is InChI=1S/C54H51BN2S/c1-52(2,3)36-21-25-39(26-22-36)56-45-28-23-37(53(4,5)6)32-43(45)55-44-33-38(54(7,8)9)24-29-46(44)57(48-18-13-17-47(56)51(48)55)40-15-12-14-34(30-40)35-20-27-42-41-16-10-11-19-49(41)58-50(42)31-35/h10-33H,1-9H3. The quantitative estimate of drug-likeness (QED) is 0.165. The zero-order chi connectivity index (χ0) is 40.3. The van der Waals surface area contributed by atoms with Crippen LogP contribution in [-0.4, -0.2) is 6.71 Å². The Balaban J connectivity index is 1.21. The Bertz CT molecular complexity index is 2920. The lowest BCUT2D eigenvalue weighted by Gasteiger charge is -2.45. The maximum Gasteiger partial charge on any atom is 0.252 e. The Morgan fingerprint density at radius 3 is 1.55 bits per heavy atom. The van der Waals surface area contributed by atoms with Gasteiger partial charge in [0.25, 0.3) is 6.71 Å². The van der Waals surface area contributed by atoms with Crippen molar-refractivity contribution in [2.45, 2.75) is 78.6 Å². The fraction of sp³-hybridized carbons (Fsp3) is 0.222. The van der Waals surface area contributed by atoms with Gasteiger partial charge in [0.15, 0.2) is 0 Å². The maximum absolute atomic E-state index is 2.54. The molecule has 0 fully saturated rings. The van der Waals surface area contributed by atoms with E-state index in [0.29, 0.717) is 0 Å². The minimum Gasteiger partial charge on any atom is -0.311 e. The van der Waals surface area contributed by atoms with E-state index >= 15 is 0 Å². The summed E-state index contributed by atoms with van der Waals surface area (Å²) in [5.74, 6) is 0. The molecule has 8 aromatic rings. The van der Waals surface area contributed by atoms with Gasteiger partial charge in [0.05, 0.1) is 0 Å². The Morgan fingerprint density at radius 2 is 0.931 bits per heavy atom. The lowest BCUT2D eigenvalue weighted by atomic mass is 9.33. The van der Waals surface area contributed by atoms with Crippen molar-refractivity contribution in [3.63, 3.8) is 0 Å². The lowest BCUT2D eigenvalue weighted by Crippen LogP contribution is -2.61. The van der Waals surface area contributed by atoms with Gasteiger partial charge in [-0.2, -0.15) is 0 Å². The molecule has 0 amide bonds. The van der Waals surface area contributed by atoms with E-state index in [1.807, 2.05) is 11.3 Å². The molecule has 2 aliphatic heterocycles. The number of fused-ring (bicyclic) bond motifs is 7. The number of nitrogens with zero attached hydrogens (tertiary/aromatic N) is 2. The molecule has 0 radical (unpaired) electrons. The number of hydrogen-bond acceptors (Lipinski definition) is 3. The van der Waals surface area contributed by atoms with Gasteiger partial charge in [-0.1, -0.05) is 147 Å². The predicted molar refractivity (Wildman–Crippen MR) is 255 cm³/mol. The first-order chi connectivity index (χ1) is 27.6. The average molecular weight is 771 g/mol. The zero-order valence-corrected chi connectivity index (χ0v) is 36.1. The third-order valence-corrected chi connectivity index (χ3v) is 13.7. The lowest BCUT2D eigenvalue weighted by molar-refractivity contribution is 0.590. The third kappa shape index (κ3) is 5.91. The molecule has 7 aromatic carbocycles. The van der Waals surface area contributed by atoms with Crippen LogP contribution in [0.1, 0.15) is 79.0 Å². The number of benzene rings is 7. The summed E-state index contributed by atoms with van der Waals surface area (Å²) in [6.45, 7) is 20.9. The van der Waals surface area contributed by atoms with E-state index in [0.717, 1.165) is 0 Å².